The van der Waals surface area contributed by atoms with Crippen LogP contribution in [-0.4, -0.2) is 20.4 Å². The van der Waals surface area contributed by atoms with Crippen molar-refractivity contribution >= 4 is 15.9 Å². The van der Waals surface area contributed by atoms with Crippen molar-refractivity contribution < 1.29 is 31.1 Å². The Kier molecular flexibility index (Phi) is 5.65. The average molecular weight is 374 g/mol. The van der Waals surface area contributed by atoms with Crippen LogP contribution in [0.3, 0.4) is 0 Å². The van der Waals surface area contributed by atoms with Crippen molar-refractivity contribution in [3.8, 4) is 5.75 Å². The maximum atomic E-state index is 13.5. The summed E-state index contributed by atoms with van der Waals surface area (Å²) in [7, 11) is -4.55. The van der Waals surface area contributed by atoms with Gasteiger partial charge in [-0.15, -0.1) is 4.83 Å². The van der Waals surface area contributed by atoms with E-state index in [1.54, 1.807) is 10.3 Å². The summed E-state index contributed by atoms with van der Waals surface area (Å²) in [5.41, 5.74) is 1.79. The van der Waals surface area contributed by atoms with E-state index < -0.39 is 44.4 Å². The number of benzene rings is 2. The summed E-state index contributed by atoms with van der Waals surface area (Å²) in [6.45, 7) is 1.25. The van der Waals surface area contributed by atoms with Gasteiger partial charge in [-0.3, -0.25) is 10.2 Å². The zero-order valence-corrected chi connectivity index (χ0v) is 13.6. The van der Waals surface area contributed by atoms with Crippen molar-refractivity contribution in [2.75, 3.05) is 0 Å². The fourth-order valence-electron chi connectivity index (χ4n) is 1.74. The van der Waals surface area contributed by atoms with Crippen molar-refractivity contribution in [1.82, 2.24) is 10.3 Å². The number of carbonyl (C=O) groups excluding carboxylic acids is 1. The number of nitrogens with one attached hydrogen (secondary N) is 2. The lowest BCUT2D eigenvalue weighted by atomic mass is 10.3. The molecule has 10 heteroatoms. The summed E-state index contributed by atoms with van der Waals surface area (Å²) < 4.78 is 68.9. The van der Waals surface area contributed by atoms with Gasteiger partial charge >= 0.3 is 0 Å². The highest BCUT2D eigenvalue weighted by Gasteiger charge is 2.23. The lowest BCUT2D eigenvalue weighted by Crippen LogP contribution is -2.47. The molecular formula is C15H13F3N2O4S. The fourth-order valence-corrected chi connectivity index (χ4v) is 2.68. The van der Waals surface area contributed by atoms with Crippen molar-refractivity contribution in [2.24, 2.45) is 0 Å². The second-order valence-corrected chi connectivity index (χ2v) is 6.51. The molecule has 1 atom stereocenters. The molecule has 1 amide bonds. The van der Waals surface area contributed by atoms with Crippen LogP contribution in [-0.2, 0) is 14.8 Å². The third-order valence-electron chi connectivity index (χ3n) is 3.00. The highest BCUT2D eigenvalue weighted by molar-refractivity contribution is 7.89. The number of amides is 1. The number of para-hydroxylation sites is 1. The lowest BCUT2D eigenvalue weighted by molar-refractivity contribution is -0.127. The maximum Gasteiger partial charge on any atom is 0.275 e. The quantitative estimate of drug-likeness (QED) is 0.757. The molecule has 2 aromatic carbocycles. The minimum atomic E-state index is -4.55. The number of sulfonamides is 1. The Balaban J connectivity index is 2.03. The number of carbonyl (C=O) groups is 1. The van der Waals surface area contributed by atoms with Crippen molar-refractivity contribution in [2.45, 2.75) is 17.9 Å². The molecule has 0 aliphatic rings. The molecular weight excluding hydrogens is 361 g/mol. The summed E-state index contributed by atoms with van der Waals surface area (Å²) in [5, 5.41) is 0. The van der Waals surface area contributed by atoms with Crippen LogP contribution >= 0.6 is 0 Å². The van der Waals surface area contributed by atoms with E-state index in [2.05, 4.69) is 0 Å². The van der Waals surface area contributed by atoms with Crippen LogP contribution in [0, 0.1) is 17.5 Å². The van der Waals surface area contributed by atoms with Gasteiger partial charge in [0.1, 0.15) is 16.5 Å². The normalized spacial score (nSPS) is 12.5. The third-order valence-corrected chi connectivity index (χ3v) is 4.26. The molecule has 0 aliphatic heterocycles. The van der Waals surface area contributed by atoms with Crippen LogP contribution in [0.15, 0.2) is 47.4 Å². The minimum Gasteiger partial charge on any atom is -0.478 e. The van der Waals surface area contributed by atoms with E-state index in [1.807, 2.05) is 0 Å². The zero-order valence-electron chi connectivity index (χ0n) is 12.8. The first-order chi connectivity index (χ1) is 11.7. The van der Waals surface area contributed by atoms with Crippen LogP contribution in [0.1, 0.15) is 6.92 Å². The largest absolute Gasteiger partial charge is 0.478 e. The van der Waals surface area contributed by atoms with Gasteiger partial charge in [-0.05, 0) is 37.3 Å². The van der Waals surface area contributed by atoms with Gasteiger partial charge in [0.2, 0.25) is 0 Å². The first kappa shape index (κ1) is 18.7. The van der Waals surface area contributed by atoms with Gasteiger partial charge in [0.15, 0.2) is 17.7 Å². The molecule has 6 nitrogen and oxygen atoms in total. The Morgan fingerprint density at radius 2 is 1.76 bits per heavy atom. The van der Waals surface area contributed by atoms with E-state index in [9.17, 15) is 26.4 Å². The van der Waals surface area contributed by atoms with Crippen LogP contribution in [0.4, 0.5) is 13.2 Å². The smallest absolute Gasteiger partial charge is 0.275 e. The average Bonchev–Trinajstić information content (AvgIpc) is 2.56. The van der Waals surface area contributed by atoms with Gasteiger partial charge in [0.25, 0.3) is 15.9 Å². The molecule has 2 rings (SSSR count). The lowest BCUT2D eigenvalue weighted by Gasteiger charge is -2.15. The number of hydrogen-bond acceptors (Lipinski definition) is 4. The van der Waals surface area contributed by atoms with Crippen LogP contribution < -0.4 is 15.0 Å². The van der Waals surface area contributed by atoms with E-state index in [4.69, 9.17) is 4.74 Å². The SMILES string of the molecule is C[C@H](Oc1ccccc1F)C(=O)NNS(=O)(=O)c1cc(F)ccc1F. The predicted octanol–water partition coefficient (Wildman–Crippen LogP) is 1.88. The number of rotatable bonds is 6. The van der Waals surface area contributed by atoms with E-state index in [-0.39, 0.29) is 5.75 Å². The Bertz CT molecular complexity index is 890. The summed E-state index contributed by atoms with van der Waals surface area (Å²) in [4.78, 5) is 12.5. The minimum absolute atomic E-state index is 0.204. The van der Waals surface area contributed by atoms with Gasteiger partial charge in [-0.25, -0.2) is 21.6 Å². The monoisotopic (exact) mass is 374 g/mol. The highest BCUT2D eigenvalue weighted by atomic mass is 32.2. The van der Waals surface area contributed by atoms with Crippen LogP contribution in [0.5, 0.6) is 5.75 Å². The molecule has 2 aromatic rings. The van der Waals surface area contributed by atoms with Gasteiger partial charge in [-0.1, -0.05) is 12.1 Å². The van der Waals surface area contributed by atoms with Gasteiger partial charge in [-0.2, -0.15) is 0 Å². The molecule has 0 fully saturated rings. The maximum absolute atomic E-state index is 13.5. The molecule has 25 heavy (non-hydrogen) atoms. The molecule has 0 saturated heterocycles. The fraction of sp³-hybridized carbons (Fsp3) is 0.133. The number of hydrazine groups is 1. The Morgan fingerprint density at radius 3 is 2.44 bits per heavy atom. The van der Waals surface area contributed by atoms with Gasteiger partial charge in [0, 0.05) is 0 Å². The van der Waals surface area contributed by atoms with Crippen LogP contribution in [0.25, 0.3) is 0 Å². The molecule has 0 bridgehead atoms. The van der Waals surface area contributed by atoms with Gasteiger partial charge < -0.3 is 4.74 Å². The number of ether oxygens (including phenoxy) is 1. The second-order valence-electron chi connectivity index (χ2n) is 4.86. The molecule has 0 saturated carbocycles. The van der Waals surface area contributed by atoms with E-state index >= 15 is 0 Å². The van der Waals surface area contributed by atoms with Crippen LogP contribution in [0.2, 0.25) is 0 Å². The Hall–Kier alpha value is -2.59. The summed E-state index contributed by atoms with van der Waals surface area (Å²) in [6.07, 6.45) is -1.27. The number of halogens is 3. The van der Waals surface area contributed by atoms with Crippen molar-refractivity contribution in [3.63, 3.8) is 0 Å². The molecule has 0 unspecified atom stereocenters. The molecule has 134 valence electrons. The second kappa shape index (κ2) is 7.53. The standard InChI is InChI=1S/C15H13F3N2O4S/c1-9(24-13-5-3-2-4-11(13)17)15(21)19-20-25(22,23)14-8-10(16)6-7-12(14)18/h2-9,20H,1H3,(H,19,21)/t9-/m0/s1. The molecule has 0 radical (unpaired) electrons. The number of hydrogen-bond donors (Lipinski definition) is 2. The summed E-state index contributed by atoms with van der Waals surface area (Å²) in [5.74, 6) is -4.04. The summed E-state index contributed by atoms with van der Waals surface area (Å²) in [6, 6.07) is 7.16. The van der Waals surface area contributed by atoms with Gasteiger partial charge in [0.05, 0.1) is 0 Å². The molecule has 0 aromatic heterocycles. The first-order valence-electron chi connectivity index (χ1n) is 6.88. The third kappa shape index (κ3) is 4.70. The van der Waals surface area contributed by atoms with Crippen molar-refractivity contribution in [1.29, 1.82) is 0 Å². The molecule has 2 N–H and O–H groups in total. The Morgan fingerprint density at radius 1 is 1.08 bits per heavy atom. The Labute approximate surface area is 141 Å². The topological polar surface area (TPSA) is 84.5 Å². The molecule has 0 heterocycles. The van der Waals surface area contributed by atoms with E-state index in [0.717, 1.165) is 12.1 Å². The summed E-state index contributed by atoms with van der Waals surface area (Å²) >= 11 is 0. The molecule has 0 aliphatic carbocycles. The molecule has 0 spiro atoms. The zero-order chi connectivity index (χ0) is 18.6. The van der Waals surface area contributed by atoms with Crippen molar-refractivity contribution in [3.05, 3.63) is 59.9 Å². The first-order valence-corrected chi connectivity index (χ1v) is 8.37. The van der Waals surface area contributed by atoms with E-state index in [1.165, 1.54) is 25.1 Å². The highest BCUT2D eigenvalue weighted by Crippen LogP contribution is 2.17. The predicted molar refractivity (Wildman–Crippen MR) is 81.3 cm³/mol. The van der Waals surface area contributed by atoms with E-state index in [0.29, 0.717) is 12.1 Å².